The standard InChI is InChI=1S/C19H22N2O3S/c1-2-3-12-20-25(23,24)17-9-10-18-16(14-17)11-13-21(18)19(22)15-7-5-4-6-8-15/h4-10,14,20H,2-3,11-13H2,1H3. The number of carbonyl (C=O) groups excluding carboxylic acids is 1. The van der Waals surface area contributed by atoms with Crippen molar-refractivity contribution in [2.75, 3.05) is 18.0 Å². The fourth-order valence-electron chi connectivity index (χ4n) is 2.96. The van der Waals surface area contributed by atoms with Gasteiger partial charge in [0.05, 0.1) is 4.90 Å². The lowest BCUT2D eigenvalue weighted by molar-refractivity contribution is 0.0989. The van der Waals surface area contributed by atoms with Crippen LogP contribution in [0.15, 0.2) is 53.4 Å². The minimum Gasteiger partial charge on any atom is -0.308 e. The monoisotopic (exact) mass is 358 g/mol. The summed E-state index contributed by atoms with van der Waals surface area (Å²) in [5.74, 6) is -0.0592. The van der Waals surface area contributed by atoms with Gasteiger partial charge in [0.25, 0.3) is 5.91 Å². The minimum atomic E-state index is -3.50. The summed E-state index contributed by atoms with van der Waals surface area (Å²) in [6.07, 6.45) is 2.40. The Bertz CT molecular complexity index is 863. The van der Waals surface area contributed by atoms with Gasteiger partial charge in [0.1, 0.15) is 0 Å². The Morgan fingerprint density at radius 3 is 2.64 bits per heavy atom. The molecule has 0 atom stereocenters. The molecule has 1 N–H and O–H groups in total. The number of hydrogen-bond acceptors (Lipinski definition) is 3. The molecule has 0 aromatic heterocycles. The van der Waals surface area contributed by atoms with Crippen LogP contribution in [-0.4, -0.2) is 27.4 Å². The molecule has 5 nitrogen and oxygen atoms in total. The van der Waals surface area contributed by atoms with Crippen molar-refractivity contribution in [1.82, 2.24) is 4.72 Å². The molecule has 3 rings (SSSR count). The molecule has 0 bridgehead atoms. The fraction of sp³-hybridized carbons (Fsp3) is 0.316. The molecule has 0 aliphatic carbocycles. The number of nitrogens with one attached hydrogen (secondary N) is 1. The van der Waals surface area contributed by atoms with E-state index >= 15 is 0 Å². The van der Waals surface area contributed by atoms with Crippen molar-refractivity contribution in [1.29, 1.82) is 0 Å². The van der Waals surface area contributed by atoms with Crippen molar-refractivity contribution in [3.05, 3.63) is 59.7 Å². The first-order chi connectivity index (χ1) is 12.0. The number of unbranched alkanes of at least 4 members (excludes halogenated alkanes) is 1. The SMILES string of the molecule is CCCCNS(=O)(=O)c1ccc2c(c1)CCN2C(=O)c1ccccc1. The van der Waals surface area contributed by atoms with Gasteiger partial charge in [0.15, 0.2) is 0 Å². The molecule has 0 fully saturated rings. The second-order valence-corrected chi connectivity index (χ2v) is 7.88. The van der Waals surface area contributed by atoms with Gasteiger partial charge >= 0.3 is 0 Å². The highest BCUT2D eigenvalue weighted by atomic mass is 32.2. The third-order valence-corrected chi connectivity index (χ3v) is 5.80. The van der Waals surface area contributed by atoms with Crippen LogP contribution in [0.2, 0.25) is 0 Å². The first kappa shape index (κ1) is 17.6. The predicted molar refractivity (Wildman–Crippen MR) is 98.4 cm³/mol. The first-order valence-electron chi connectivity index (χ1n) is 8.52. The Morgan fingerprint density at radius 1 is 1.16 bits per heavy atom. The fourth-order valence-corrected chi connectivity index (χ4v) is 4.08. The Morgan fingerprint density at radius 2 is 1.92 bits per heavy atom. The molecule has 0 unspecified atom stereocenters. The largest absolute Gasteiger partial charge is 0.308 e. The number of benzene rings is 2. The number of rotatable bonds is 6. The molecule has 0 radical (unpaired) electrons. The van der Waals surface area contributed by atoms with Crippen molar-refractivity contribution in [3.63, 3.8) is 0 Å². The van der Waals surface area contributed by atoms with Crippen LogP contribution in [0, 0.1) is 0 Å². The Balaban J connectivity index is 1.82. The second kappa shape index (κ2) is 7.37. The maximum absolute atomic E-state index is 12.7. The predicted octanol–water partition coefficient (Wildman–Crippen LogP) is 2.97. The smallest absolute Gasteiger partial charge is 0.258 e. The van der Waals surface area contributed by atoms with Crippen LogP contribution in [0.25, 0.3) is 0 Å². The van der Waals surface area contributed by atoms with Gasteiger partial charge in [-0.15, -0.1) is 0 Å². The molecule has 1 aliphatic heterocycles. The highest BCUT2D eigenvalue weighted by Crippen LogP contribution is 2.31. The van der Waals surface area contributed by atoms with E-state index in [9.17, 15) is 13.2 Å². The van der Waals surface area contributed by atoms with E-state index < -0.39 is 10.0 Å². The Hall–Kier alpha value is -2.18. The van der Waals surface area contributed by atoms with Gasteiger partial charge in [-0.25, -0.2) is 13.1 Å². The molecule has 0 saturated heterocycles. The summed E-state index contributed by atoms with van der Waals surface area (Å²) < 4.78 is 27.3. The van der Waals surface area contributed by atoms with Gasteiger partial charge in [-0.1, -0.05) is 31.5 Å². The van der Waals surface area contributed by atoms with Gasteiger partial charge in [-0.05, 0) is 48.7 Å². The summed E-state index contributed by atoms with van der Waals surface area (Å²) in [5.41, 5.74) is 2.32. The molecule has 132 valence electrons. The number of nitrogens with zero attached hydrogens (tertiary/aromatic N) is 1. The van der Waals surface area contributed by atoms with E-state index in [0.717, 1.165) is 24.1 Å². The molecule has 1 amide bonds. The lowest BCUT2D eigenvalue weighted by Crippen LogP contribution is -2.28. The number of amides is 1. The van der Waals surface area contributed by atoms with Gasteiger partial charge in [-0.2, -0.15) is 0 Å². The molecule has 1 heterocycles. The van der Waals surface area contributed by atoms with Crippen molar-refractivity contribution in [2.45, 2.75) is 31.1 Å². The van der Waals surface area contributed by atoms with Crippen LogP contribution in [0.1, 0.15) is 35.7 Å². The molecule has 2 aromatic rings. The number of fused-ring (bicyclic) bond motifs is 1. The van der Waals surface area contributed by atoms with Gasteiger partial charge in [-0.3, -0.25) is 4.79 Å². The van der Waals surface area contributed by atoms with Crippen molar-refractivity contribution in [2.24, 2.45) is 0 Å². The van der Waals surface area contributed by atoms with E-state index in [2.05, 4.69) is 4.72 Å². The molecule has 2 aromatic carbocycles. The summed E-state index contributed by atoms with van der Waals surface area (Å²) >= 11 is 0. The zero-order valence-corrected chi connectivity index (χ0v) is 15.1. The first-order valence-corrected chi connectivity index (χ1v) is 10.0. The van der Waals surface area contributed by atoms with E-state index in [1.54, 1.807) is 35.2 Å². The summed E-state index contributed by atoms with van der Waals surface area (Å²) in [6, 6.07) is 14.1. The van der Waals surface area contributed by atoms with Crippen molar-refractivity contribution in [3.8, 4) is 0 Å². The number of hydrogen-bond donors (Lipinski definition) is 1. The highest BCUT2D eigenvalue weighted by Gasteiger charge is 2.27. The topological polar surface area (TPSA) is 66.5 Å². The molecule has 0 saturated carbocycles. The molecule has 25 heavy (non-hydrogen) atoms. The van der Waals surface area contributed by atoms with Crippen LogP contribution in [-0.2, 0) is 16.4 Å². The number of sulfonamides is 1. The van der Waals surface area contributed by atoms with Crippen LogP contribution >= 0.6 is 0 Å². The van der Waals surface area contributed by atoms with Crippen LogP contribution < -0.4 is 9.62 Å². The quantitative estimate of drug-likeness (QED) is 0.808. The summed E-state index contributed by atoms with van der Waals surface area (Å²) in [6.45, 7) is 3.02. The molecule has 1 aliphatic rings. The lowest BCUT2D eigenvalue weighted by atomic mass is 10.1. The van der Waals surface area contributed by atoms with Crippen LogP contribution in [0.5, 0.6) is 0 Å². The number of anilines is 1. The van der Waals surface area contributed by atoms with E-state index in [1.807, 2.05) is 25.1 Å². The normalized spacial score (nSPS) is 13.7. The zero-order chi connectivity index (χ0) is 17.9. The van der Waals surface area contributed by atoms with E-state index in [1.165, 1.54) is 0 Å². The molecular weight excluding hydrogens is 336 g/mol. The molecule has 6 heteroatoms. The van der Waals surface area contributed by atoms with E-state index in [4.69, 9.17) is 0 Å². The van der Waals surface area contributed by atoms with Crippen molar-refractivity contribution < 1.29 is 13.2 Å². The molecular formula is C19H22N2O3S. The maximum atomic E-state index is 12.7. The van der Waals surface area contributed by atoms with Gasteiger partial charge < -0.3 is 4.90 Å². The van der Waals surface area contributed by atoms with Gasteiger partial charge in [0.2, 0.25) is 10.0 Å². The maximum Gasteiger partial charge on any atom is 0.258 e. The third-order valence-electron chi connectivity index (χ3n) is 4.35. The van der Waals surface area contributed by atoms with Crippen molar-refractivity contribution >= 4 is 21.6 Å². The van der Waals surface area contributed by atoms with Crippen LogP contribution in [0.3, 0.4) is 0 Å². The molecule has 0 spiro atoms. The lowest BCUT2D eigenvalue weighted by Gasteiger charge is -2.17. The minimum absolute atomic E-state index is 0.0592. The van der Waals surface area contributed by atoms with E-state index in [0.29, 0.717) is 25.1 Å². The average molecular weight is 358 g/mol. The number of carbonyl (C=O) groups is 1. The zero-order valence-electron chi connectivity index (χ0n) is 14.2. The highest BCUT2D eigenvalue weighted by molar-refractivity contribution is 7.89. The summed E-state index contributed by atoms with van der Waals surface area (Å²) in [5, 5.41) is 0. The second-order valence-electron chi connectivity index (χ2n) is 6.11. The summed E-state index contributed by atoms with van der Waals surface area (Å²) in [4.78, 5) is 14.6. The third kappa shape index (κ3) is 3.75. The average Bonchev–Trinajstić information content (AvgIpc) is 3.05. The summed E-state index contributed by atoms with van der Waals surface area (Å²) in [7, 11) is -3.50. The van der Waals surface area contributed by atoms with Gasteiger partial charge in [0, 0.05) is 24.3 Å². The van der Waals surface area contributed by atoms with Crippen LogP contribution in [0.4, 0.5) is 5.69 Å². The Kier molecular flexibility index (Phi) is 5.20. The Labute approximate surface area is 148 Å². The van der Waals surface area contributed by atoms with E-state index in [-0.39, 0.29) is 10.8 Å².